The number of rotatable bonds is 3. The molecule has 0 unspecified atom stereocenters. The number of hydrogen-bond acceptors (Lipinski definition) is 5. The van der Waals surface area contributed by atoms with Crippen molar-refractivity contribution < 1.29 is 22.1 Å². The first-order chi connectivity index (χ1) is 11.4. The van der Waals surface area contributed by atoms with E-state index in [1.54, 1.807) is 6.07 Å². The van der Waals surface area contributed by atoms with Crippen molar-refractivity contribution in [3.63, 3.8) is 0 Å². The van der Waals surface area contributed by atoms with Gasteiger partial charge in [-0.2, -0.15) is 8.42 Å². The van der Waals surface area contributed by atoms with E-state index in [4.69, 9.17) is 13.7 Å². The smallest absolute Gasteiger partial charge is 0.339 e. The topological polar surface area (TPSA) is 61.8 Å². The molecule has 6 heteroatoms. The van der Waals surface area contributed by atoms with Gasteiger partial charge in [-0.05, 0) is 49.6 Å². The molecule has 0 saturated heterocycles. The molecule has 0 fully saturated rings. The van der Waals surface area contributed by atoms with Gasteiger partial charge < -0.3 is 13.7 Å². The van der Waals surface area contributed by atoms with Gasteiger partial charge in [0.25, 0.3) is 0 Å². The van der Waals surface area contributed by atoms with Crippen molar-refractivity contribution in [2.24, 2.45) is 0 Å². The van der Waals surface area contributed by atoms with E-state index in [-0.39, 0.29) is 4.90 Å². The van der Waals surface area contributed by atoms with Gasteiger partial charge in [0.2, 0.25) is 0 Å². The van der Waals surface area contributed by atoms with E-state index in [1.807, 2.05) is 32.9 Å². The van der Waals surface area contributed by atoms with Crippen LogP contribution in [0.2, 0.25) is 0 Å². The number of benzene rings is 2. The van der Waals surface area contributed by atoms with Crippen LogP contribution in [0.1, 0.15) is 23.1 Å². The molecule has 0 spiro atoms. The maximum absolute atomic E-state index is 12.7. The van der Waals surface area contributed by atoms with E-state index < -0.39 is 10.1 Å². The van der Waals surface area contributed by atoms with Crippen LogP contribution in [0.15, 0.2) is 35.2 Å². The van der Waals surface area contributed by atoms with Crippen LogP contribution in [0, 0.1) is 20.8 Å². The summed E-state index contributed by atoms with van der Waals surface area (Å²) in [6, 6.07) is 8.32. The molecule has 0 aromatic heterocycles. The molecule has 0 aliphatic carbocycles. The third kappa shape index (κ3) is 3.19. The largest absolute Gasteiger partial charge is 0.490 e. The maximum atomic E-state index is 12.7. The Morgan fingerprint density at radius 2 is 1.58 bits per heavy atom. The van der Waals surface area contributed by atoms with Crippen molar-refractivity contribution in [2.75, 3.05) is 13.2 Å². The summed E-state index contributed by atoms with van der Waals surface area (Å²) in [5.74, 6) is 1.35. The van der Waals surface area contributed by atoms with Crippen molar-refractivity contribution in [1.82, 2.24) is 0 Å². The highest BCUT2D eigenvalue weighted by molar-refractivity contribution is 7.87. The van der Waals surface area contributed by atoms with Gasteiger partial charge in [-0.15, -0.1) is 0 Å². The molecular weight excluding hydrogens is 328 g/mol. The molecule has 0 bridgehead atoms. The Balaban J connectivity index is 1.97. The molecule has 1 heterocycles. The van der Waals surface area contributed by atoms with Gasteiger partial charge in [-0.1, -0.05) is 12.1 Å². The van der Waals surface area contributed by atoms with E-state index in [9.17, 15) is 8.42 Å². The van der Waals surface area contributed by atoms with Crippen LogP contribution in [-0.2, 0) is 10.1 Å². The summed E-state index contributed by atoms with van der Waals surface area (Å²) in [6.45, 7) is 6.64. The van der Waals surface area contributed by atoms with Gasteiger partial charge in [0.15, 0.2) is 11.5 Å². The first-order valence-electron chi connectivity index (χ1n) is 7.79. The van der Waals surface area contributed by atoms with Crippen LogP contribution >= 0.6 is 0 Å². The van der Waals surface area contributed by atoms with Crippen LogP contribution in [-0.4, -0.2) is 21.6 Å². The summed E-state index contributed by atoms with van der Waals surface area (Å²) in [4.78, 5) is 0.0482. The molecule has 2 aromatic rings. The summed E-state index contributed by atoms with van der Waals surface area (Å²) in [5.41, 5.74) is 2.56. The molecule has 1 aliphatic heterocycles. The van der Waals surface area contributed by atoms with E-state index in [1.165, 1.54) is 12.1 Å². The third-order valence-corrected chi connectivity index (χ3v) is 5.29. The van der Waals surface area contributed by atoms with Crippen LogP contribution in [0.3, 0.4) is 0 Å². The predicted octanol–water partition coefficient (Wildman–Crippen LogP) is 3.54. The molecule has 3 rings (SSSR count). The molecule has 128 valence electrons. The SMILES string of the molecule is Cc1ccc(C)c(OS(=O)(=O)c2ccc3c(c2)OCCCO3)c1C. The van der Waals surface area contributed by atoms with E-state index >= 15 is 0 Å². The normalized spacial score (nSPS) is 14.1. The van der Waals surface area contributed by atoms with Crippen LogP contribution in [0.5, 0.6) is 17.2 Å². The van der Waals surface area contributed by atoms with Gasteiger partial charge in [-0.25, -0.2) is 0 Å². The Morgan fingerprint density at radius 3 is 2.33 bits per heavy atom. The summed E-state index contributed by atoms with van der Waals surface area (Å²) in [7, 11) is -3.96. The zero-order valence-corrected chi connectivity index (χ0v) is 14.8. The molecule has 0 saturated carbocycles. The van der Waals surface area contributed by atoms with E-state index in [2.05, 4.69) is 0 Å². The summed E-state index contributed by atoms with van der Waals surface area (Å²) >= 11 is 0. The van der Waals surface area contributed by atoms with Gasteiger partial charge in [-0.3, -0.25) is 0 Å². The van der Waals surface area contributed by atoms with Crippen molar-refractivity contribution in [3.8, 4) is 17.2 Å². The highest BCUT2D eigenvalue weighted by Crippen LogP contribution is 2.34. The van der Waals surface area contributed by atoms with Crippen LogP contribution in [0.25, 0.3) is 0 Å². The van der Waals surface area contributed by atoms with Gasteiger partial charge in [0, 0.05) is 12.5 Å². The fraction of sp³-hybridized carbons (Fsp3) is 0.333. The van der Waals surface area contributed by atoms with Gasteiger partial charge >= 0.3 is 10.1 Å². The minimum atomic E-state index is -3.96. The Labute approximate surface area is 142 Å². The lowest BCUT2D eigenvalue weighted by atomic mass is 10.1. The predicted molar refractivity (Wildman–Crippen MR) is 90.5 cm³/mol. The van der Waals surface area contributed by atoms with Crippen molar-refractivity contribution in [2.45, 2.75) is 32.1 Å². The van der Waals surface area contributed by atoms with Gasteiger partial charge in [0.05, 0.1) is 13.2 Å². The average Bonchev–Trinajstić information content (AvgIpc) is 2.80. The number of ether oxygens (including phenoxy) is 2. The molecule has 24 heavy (non-hydrogen) atoms. The monoisotopic (exact) mass is 348 g/mol. The molecular formula is C18H20O5S. The second-order valence-corrected chi connectivity index (χ2v) is 7.40. The molecule has 0 N–H and O–H groups in total. The lowest BCUT2D eigenvalue weighted by molar-refractivity contribution is 0.296. The van der Waals surface area contributed by atoms with E-state index in [0.717, 1.165) is 23.1 Å². The molecule has 5 nitrogen and oxygen atoms in total. The second kappa shape index (κ2) is 6.36. The number of fused-ring (bicyclic) bond motifs is 1. The zero-order chi connectivity index (χ0) is 17.3. The fourth-order valence-electron chi connectivity index (χ4n) is 2.51. The minimum Gasteiger partial charge on any atom is -0.490 e. The van der Waals surface area contributed by atoms with Crippen molar-refractivity contribution >= 4 is 10.1 Å². The first kappa shape index (κ1) is 16.6. The van der Waals surface area contributed by atoms with Crippen molar-refractivity contribution in [3.05, 3.63) is 47.0 Å². The summed E-state index contributed by atoms with van der Waals surface area (Å²) in [5, 5.41) is 0. The average molecular weight is 348 g/mol. The molecule has 0 amide bonds. The number of hydrogen-bond donors (Lipinski definition) is 0. The third-order valence-electron chi connectivity index (χ3n) is 4.07. The van der Waals surface area contributed by atoms with Crippen molar-refractivity contribution in [1.29, 1.82) is 0 Å². The molecule has 1 aliphatic rings. The Morgan fingerprint density at radius 1 is 0.917 bits per heavy atom. The van der Waals surface area contributed by atoms with Crippen LogP contribution < -0.4 is 13.7 Å². The lowest BCUT2D eigenvalue weighted by Crippen LogP contribution is -2.12. The Bertz CT molecular complexity index is 871. The Kier molecular flexibility index (Phi) is 4.41. The highest BCUT2D eigenvalue weighted by Gasteiger charge is 2.22. The maximum Gasteiger partial charge on any atom is 0.339 e. The lowest BCUT2D eigenvalue weighted by Gasteiger charge is -2.14. The molecule has 2 aromatic carbocycles. The quantitative estimate of drug-likeness (QED) is 0.794. The van der Waals surface area contributed by atoms with Gasteiger partial charge in [0.1, 0.15) is 10.6 Å². The second-order valence-electron chi connectivity index (χ2n) is 5.85. The van der Waals surface area contributed by atoms with E-state index in [0.29, 0.717) is 30.5 Å². The Hall–Kier alpha value is -2.21. The van der Waals surface area contributed by atoms with Crippen LogP contribution in [0.4, 0.5) is 0 Å². The first-order valence-corrected chi connectivity index (χ1v) is 9.20. The highest BCUT2D eigenvalue weighted by atomic mass is 32.2. The number of aryl methyl sites for hydroxylation is 2. The minimum absolute atomic E-state index is 0.0482. The zero-order valence-electron chi connectivity index (χ0n) is 14.0. The summed E-state index contributed by atoms with van der Waals surface area (Å²) in [6.07, 6.45) is 0.759. The molecule has 0 radical (unpaired) electrons. The summed E-state index contributed by atoms with van der Waals surface area (Å²) < 4.78 is 41.9. The standard InChI is InChI=1S/C18H20O5S/c1-12-5-6-13(2)18(14(12)3)23-24(19,20)15-7-8-16-17(11-15)22-10-4-9-21-16/h5-8,11H,4,9-10H2,1-3H3. The molecule has 0 atom stereocenters. The fourth-order valence-corrected chi connectivity index (χ4v) is 3.57.